The van der Waals surface area contributed by atoms with E-state index in [2.05, 4.69) is 16.0 Å². The maximum absolute atomic E-state index is 12.5. The van der Waals surface area contributed by atoms with E-state index in [4.69, 9.17) is 17.3 Å². The third-order valence-corrected chi connectivity index (χ3v) is 4.39. The minimum Gasteiger partial charge on any atom is -0.349 e. The van der Waals surface area contributed by atoms with Gasteiger partial charge in [-0.1, -0.05) is 11.6 Å². The molecule has 0 aliphatic heterocycles. The molecular formula is C18H28Cl2N4O2. The zero-order chi connectivity index (χ0) is 18.6. The Bertz CT molecular complexity index is 639. The quantitative estimate of drug-likeness (QED) is 0.620. The molecule has 5 N–H and O–H groups in total. The van der Waals surface area contributed by atoms with Crippen LogP contribution >= 0.6 is 24.0 Å². The van der Waals surface area contributed by atoms with Gasteiger partial charge in [-0.05, 0) is 64.7 Å². The number of hydrogen-bond acceptors (Lipinski definition) is 3. The van der Waals surface area contributed by atoms with Gasteiger partial charge in [-0.3, -0.25) is 4.79 Å². The van der Waals surface area contributed by atoms with Crippen molar-refractivity contribution in [3.8, 4) is 0 Å². The Hall–Kier alpha value is -1.50. The Morgan fingerprint density at radius 1 is 1.15 bits per heavy atom. The van der Waals surface area contributed by atoms with Gasteiger partial charge < -0.3 is 21.7 Å². The molecule has 0 atom stereocenters. The molecule has 0 radical (unpaired) electrons. The van der Waals surface area contributed by atoms with E-state index in [-0.39, 0.29) is 42.0 Å². The minimum absolute atomic E-state index is 0. The van der Waals surface area contributed by atoms with Crippen LogP contribution in [0.3, 0.4) is 0 Å². The first-order valence-corrected chi connectivity index (χ1v) is 8.97. The lowest BCUT2D eigenvalue weighted by molar-refractivity contribution is 0.0926. The Morgan fingerprint density at radius 3 is 2.35 bits per heavy atom. The van der Waals surface area contributed by atoms with E-state index in [0.717, 1.165) is 25.7 Å². The van der Waals surface area contributed by atoms with Crippen molar-refractivity contribution in [2.45, 2.75) is 64.1 Å². The van der Waals surface area contributed by atoms with Crippen LogP contribution in [-0.2, 0) is 0 Å². The summed E-state index contributed by atoms with van der Waals surface area (Å²) in [5.41, 5.74) is 6.41. The van der Waals surface area contributed by atoms with Crippen LogP contribution in [0, 0.1) is 0 Å². The third kappa shape index (κ3) is 7.02. The number of anilines is 1. The molecule has 0 heterocycles. The maximum atomic E-state index is 12.5. The number of nitrogens with one attached hydrogen (secondary N) is 3. The van der Waals surface area contributed by atoms with Gasteiger partial charge in [0.2, 0.25) is 0 Å². The minimum atomic E-state index is -0.349. The van der Waals surface area contributed by atoms with Crippen molar-refractivity contribution in [2.75, 3.05) is 5.32 Å². The molecule has 0 bridgehead atoms. The number of rotatable bonds is 3. The standard InChI is InChI=1S/C18H27ClN4O2.ClH/c1-18(2,3)23-17(25)22-13-8-9-15(19)14(10-13)16(24)21-12-6-4-11(20)5-7-12;/h8-12H,4-7,20H2,1-3H3,(H,21,24)(H2,22,23,25);1H. The molecule has 6 nitrogen and oxygen atoms in total. The van der Waals surface area contributed by atoms with E-state index in [0.29, 0.717) is 16.3 Å². The Balaban J connectivity index is 0.00000338. The van der Waals surface area contributed by atoms with E-state index in [9.17, 15) is 9.59 Å². The molecule has 1 saturated carbocycles. The van der Waals surface area contributed by atoms with Crippen molar-refractivity contribution in [1.29, 1.82) is 0 Å². The van der Waals surface area contributed by atoms with Crippen molar-refractivity contribution in [3.63, 3.8) is 0 Å². The highest BCUT2D eigenvalue weighted by Gasteiger charge is 2.22. The number of carbonyl (C=O) groups is 2. The highest BCUT2D eigenvalue weighted by atomic mass is 35.5. The second-order valence-electron chi connectivity index (χ2n) is 7.61. The van der Waals surface area contributed by atoms with Crippen LogP contribution in [0.25, 0.3) is 0 Å². The lowest BCUT2D eigenvalue weighted by Crippen LogP contribution is -2.43. The summed E-state index contributed by atoms with van der Waals surface area (Å²) >= 11 is 6.17. The van der Waals surface area contributed by atoms with Crippen molar-refractivity contribution >= 4 is 41.6 Å². The summed E-state index contributed by atoms with van der Waals surface area (Å²) in [5, 5.41) is 8.89. The van der Waals surface area contributed by atoms with Crippen LogP contribution in [0.2, 0.25) is 5.02 Å². The number of halogens is 2. The predicted octanol–water partition coefficient (Wildman–Crippen LogP) is 3.68. The maximum Gasteiger partial charge on any atom is 0.319 e. The van der Waals surface area contributed by atoms with Crippen LogP contribution in [0.1, 0.15) is 56.8 Å². The first-order valence-electron chi connectivity index (χ1n) is 8.59. The lowest BCUT2D eigenvalue weighted by atomic mass is 9.91. The van der Waals surface area contributed by atoms with Gasteiger partial charge in [0.1, 0.15) is 0 Å². The fourth-order valence-corrected chi connectivity index (χ4v) is 3.01. The van der Waals surface area contributed by atoms with E-state index in [1.807, 2.05) is 20.8 Å². The molecule has 0 unspecified atom stereocenters. The molecule has 0 spiro atoms. The molecule has 1 aliphatic rings. The average Bonchev–Trinajstić information content (AvgIpc) is 2.49. The number of carbonyl (C=O) groups excluding carboxylic acids is 2. The first kappa shape index (κ1) is 22.5. The van der Waals surface area contributed by atoms with Crippen molar-refractivity contribution < 1.29 is 9.59 Å². The molecule has 1 aromatic carbocycles. The average molecular weight is 403 g/mol. The summed E-state index contributed by atoms with van der Waals surface area (Å²) < 4.78 is 0. The van der Waals surface area contributed by atoms with Crippen molar-refractivity contribution in [2.24, 2.45) is 5.73 Å². The first-order chi connectivity index (χ1) is 11.6. The number of benzene rings is 1. The number of nitrogens with two attached hydrogens (primary N) is 1. The van der Waals surface area contributed by atoms with Crippen LogP contribution in [-0.4, -0.2) is 29.6 Å². The number of amides is 3. The molecule has 1 aliphatic carbocycles. The zero-order valence-electron chi connectivity index (χ0n) is 15.4. The van der Waals surface area contributed by atoms with E-state index in [1.165, 1.54) is 0 Å². The highest BCUT2D eigenvalue weighted by molar-refractivity contribution is 6.34. The van der Waals surface area contributed by atoms with Gasteiger partial charge in [0.25, 0.3) is 5.91 Å². The summed E-state index contributed by atoms with van der Waals surface area (Å²) in [6.07, 6.45) is 3.56. The molecule has 0 aromatic heterocycles. The molecule has 1 aromatic rings. The summed E-state index contributed by atoms with van der Waals surface area (Å²) in [5.74, 6) is -0.231. The molecular weight excluding hydrogens is 375 g/mol. The van der Waals surface area contributed by atoms with Crippen LogP contribution in [0.4, 0.5) is 10.5 Å². The van der Waals surface area contributed by atoms with Crippen LogP contribution < -0.4 is 21.7 Å². The zero-order valence-corrected chi connectivity index (χ0v) is 17.0. The van der Waals surface area contributed by atoms with Gasteiger partial charge in [0.15, 0.2) is 0 Å². The Morgan fingerprint density at radius 2 is 1.77 bits per heavy atom. The summed E-state index contributed by atoms with van der Waals surface area (Å²) in [6, 6.07) is 4.88. The van der Waals surface area contributed by atoms with Gasteiger partial charge in [0, 0.05) is 23.3 Å². The highest BCUT2D eigenvalue weighted by Crippen LogP contribution is 2.22. The second kappa shape index (κ2) is 9.44. The van der Waals surface area contributed by atoms with Gasteiger partial charge in [-0.2, -0.15) is 0 Å². The van der Waals surface area contributed by atoms with Crippen molar-refractivity contribution in [1.82, 2.24) is 10.6 Å². The van der Waals surface area contributed by atoms with Gasteiger partial charge in [-0.15, -0.1) is 12.4 Å². The molecule has 2 rings (SSSR count). The largest absolute Gasteiger partial charge is 0.349 e. The molecule has 1 fully saturated rings. The summed E-state index contributed by atoms with van der Waals surface area (Å²) in [7, 11) is 0. The SMILES string of the molecule is CC(C)(C)NC(=O)Nc1ccc(Cl)c(C(=O)NC2CCC(N)CC2)c1.Cl. The molecule has 0 saturated heterocycles. The van der Waals surface area contributed by atoms with E-state index >= 15 is 0 Å². The summed E-state index contributed by atoms with van der Waals surface area (Å²) in [4.78, 5) is 24.5. The predicted molar refractivity (Wildman–Crippen MR) is 108 cm³/mol. The molecule has 8 heteroatoms. The van der Waals surface area contributed by atoms with Crippen LogP contribution in [0.15, 0.2) is 18.2 Å². The fourth-order valence-electron chi connectivity index (χ4n) is 2.81. The lowest BCUT2D eigenvalue weighted by Gasteiger charge is -2.27. The van der Waals surface area contributed by atoms with E-state index in [1.54, 1.807) is 18.2 Å². The third-order valence-electron chi connectivity index (χ3n) is 4.06. The smallest absolute Gasteiger partial charge is 0.319 e. The molecule has 146 valence electrons. The van der Waals surface area contributed by atoms with Gasteiger partial charge in [-0.25, -0.2) is 4.79 Å². The molecule has 26 heavy (non-hydrogen) atoms. The van der Waals surface area contributed by atoms with Crippen LogP contribution in [0.5, 0.6) is 0 Å². The Labute approximate surface area is 166 Å². The Kier molecular flexibility index (Phi) is 8.18. The topological polar surface area (TPSA) is 96.2 Å². The second-order valence-corrected chi connectivity index (χ2v) is 8.02. The molecule has 3 amide bonds. The summed E-state index contributed by atoms with van der Waals surface area (Å²) in [6.45, 7) is 5.68. The van der Waals surface area contributed by atoms with Gasteiger partial charge >= 0.3 is 6.03 Å². The number of hydrogen-bond donors (Lipinski definition) is 4. The monoisotopic (exact) mass is 402 g/mol. The number of urea groups is 1. The van der Waals surface area contributed by atoms with Gasteiger partial charge in [0.05, 0.1) is 10.6 Å². The van der Waals surface area contributed by atoms with Crippen molar-refractivity contribution in [3.05, 3.63) is 28.8 Å². The fraction of sp³-hybridized carbons (Fsp3) is 0.556. The van der Waals surface area contributed by atoms with E-state index < -0.39 is 0 Å². The normalized spacial score (nSPS) is 19.9.